The molecule has 0 aromatic heterocycles. The normalized spacial score (nSPS) is 14.3. The number of fused-ring (bicyclic) bond motifs is 2. The van der Waals surface area contributed by atoms with Gasteiger partial charge in [0.1, 0.15) is 16.3 Å². The van der Waals surface area contributed by atoms with Crippen molar-refractivity contribution >= 4 is 57.6 Å². The number of phenolic OH excluding ortho intramolecular Hbond substituents is 1. The van der Waals surface area contributed by atoms with Crippen molar-refractivity contribution in [1.82, 2.24) is 0 Å². The predicted molar refractivity (Wildman–Crippen MR) is 122 cm³/mol. The molecule has 11 nitrogen and oxygen atoms in total. The average molecular weight is 523 g/mol. The highest BCUT2D eigenvalue weighted by atomic mass is 32.2. The Morgan fingerprint density at radius 2 is 1.53 bits per heavy atom. The molecular weight excluding hydrogens is 508 g/mol. The molecular formula is C20H14N2O9S3. The summed E-state index contributed by atoms with van der Waals surface area (Å²) >= 11 is 0. The molecule has 0 amide bonds. The van der Waals surface area contributed by atoms with Crippen LogP contribution in [0.3, 0.4) is 0 Å². The Balaban J connectivity index is 1.96. The first-order valence-electron chi connectivity index (χ1n) is 9.29. The molecule has 1 aliphatic rings. The van der Waals surface area contributed by atoms with E-state index in [4.69, 9.17) is 0 Å². The van der Waals surface area contributed by atoms with Crippen LogP contribution in [0.4, 0.5) is 5.69 Å². The maximum absolute atomic E-state index is 12.0. The van der Waals surface area contributed by atoms with Gasteiger partial charge >= 0.3 is 0 Å². The lowest BCUT2D eigenvalue weighted by Crippen LogP contribution is -2.09. The first-order chi connectivity index (χ1) is 15.9. The van der Waals surface area contributed by atoms with Gasteiger partial charge in [-0.1, -0.05) is 36.4 Å². The minimum Gasteiger partial charge on any atom is -0.506 e. The van der Waals surface area contributed by atoms with Crippen LogP contribution in [0.25, 0.3) is 16.5 Å². The molecule has 0 unspecified atom stereocenters. The van der Waals surface area contributed by atoms with E-state index in [1.165, 1.54) is 12.1 Å². The number of nitrogens with zero attached hydrogens (tertiary/aromatic N) is 2. The van der Waals surface area contributed by atoms with Crippen LogP contribution >= 0.6 is 0 Å². The molecule has 3 N–H and O–H groups in total. The van der Waals surface area contributed by atoms with Crippen LogP contribution in [-0.2, 0) is 30.5 Å². The third-order valence-electron chi connectivity index (χ3n) is 5.03. The van der Waals surface area contributed by atoms with Gasteiger partial charge in [-0.05, 0) is 23.6 Å². The second kappa shape index (κ2) is 8.41. The van der Waals surface area contributed by atoms with E-state index in [1.54, 1.807) is 24.3 Å². The number of benzene rings is 3. The van der Waals surface area contributed by atoms with Crippen molar-refractivity contribution in [3.05, 3.63) is 65.7 Å². The molecule has 0 bridgehead atoms. The Morgan fingerprint density at radius 3 is 2.15 bits per heavy atom. The summed E-state index contributed by atoms with van der Waals surface area (Å²) in [6, 6.07) is 10.3. The lowest BCUT2D eigenvalue weighted by molar-refractivity contribution is 0.477. The molecule has 0 spiro atoms. The second-order valence-corrected chi connectivity index (χ2v) is 10.9. The SMILES string of the molecule is O=S(=O)=C1CC=C(/N=N/c2c(O)ccc3cc(S(=O)(=O)O)cc(S(=O)(=O)O)c23)c2ccccc21. The summed E-state index contributed by atoms with van der Waals surface area (Å²) < 4.78 is 89.2. The smallest absolute Gasteiger partial charge is 0.295 e. The summed E-state index contributed by atoms with van der Waals surface area (Å²) in [4.78, 5) is -1.56. The van der Waals surface area contributed by atoms with Crippen LogP contribution in [0.5, 0.6) is 5.75 Å². The fourth-order valence-electron chi connectivity index (χ4n) is 3.54. The Morgan fingerprint density at radius 1 is 0.853 bits per heavy atom. The summed E-state index contributed by atoms with van der Waals surface area (Å²) in [6.07, 6.45) is 1.51. The predicted octanol–water partition coefficient (Wildman–Crippen LogP) is 2.97. The van der Waals surface area contributed by atoms with Gasteiger partial charge < -0.3 is 5.11 Å². The monoisotopic (exact) mass is 522 g/mol. The summed E-state index contributed by atoms with van der Waals surface area (Å²) in [5.41, 5.74) is 0.683. The molecule has 1 aliphatic carbocycles. The van der Waals surface area contributed by atoms with E-state index < -0.39 is 51.8 Å². The Kier molecular flexibility index (Phi) is 5.87. The van der Waals surface area contributed by atoms with Gasteiger partial charge in [0.25, 0.3) is 20.2 Å². The van der Waals surface area contributed by atoms with Crippen LogP contribution in [-0.4, -0.2) is 44.3 Å². The van der Waals surface area contributed by atoms with Gasteiger partial charge in [-0.2, -0.15) is 30.4 Å². The van der Waals surface area contributed by atoms with Crippen molar-refractivity contribution < 1.29 is 39.5 Å². The summed E-state index contributed by atoms with van der Waals surface area (Å²) in [6.45, 7) is 0. The highest BCUT2D eigenvalue weighted by Crippen LogP contribution is 2.41. The van der Waals surface area contributed by atoms with E-state index in [0.717, 1.165) is 12.1 Å². The lowest BCUT2D eigenvalue weighted by atomic mass is 9.95. The Bertz CT molecular complexity index is 1780. The molecule has 0 aliphatic heterocycles. The number of hydrogen-bond donors (Lipinski definition) is 3. The number of phenols is 1. The minimum atomic E-state index is -5.03. The number of hydrogen-bond acceptors (Lipinski definition) is 9. The first kappa shape index (κ1) is 23.7. The highest BCUT2D eigenvalue weighted by Gasteiger charge is 2.24. The largest absolute Gasteiger partial charge is 0.506 e. The number of azo groups is 1. The summed E-state index contributed by atoms with van der Waals surface area (Å²) in [7, 11) is -12.3. The molecule has 14 heteroatoms. The van der Waals surface area contributed by atoms with Crippen molar-refractivity contribution in [3.8, 4) is 5.75 Å². The van der Waals surface area contributed by atoms with Gasteiger partial charge in [-0.25, -0.2) is 0 Å². The van der Waals surface area contributed by atoms with Crippen LogP contribution < -0.4 is 0 Å². The summed E-state index contributed by atoms with van der Waals surface area (Å²) in [5.74, 6) is -0.529. The third kappa shape index (κ3) is 4.36. The molecule has 0 fully saturated rings. The average Bonchev–Trinajstić information content (AvgIpc) is 2.76. The maximum Gasteiger partial charge on any atom is 0.295 e. The van der Waals surface area contributed by atoms with Crippen LogP contribution in [0, 0.1) is 0 Å². The first-order valence-corrected chi connectivity index (χ1v) is 13.2. The lowest BCUT2D eigenvalue weighted by Gasteiger charge is -2.14. The van der Waals surface area contributed by atoms with E-state index in [0.29, 0.717) is 17.2 Å². The topological polar surface area (TPSA) is 188 Å². The molecule has 3 aromatic carbocycles. The zero-order valence-corrected chi connectivity index (χ0v) is 19.3. The van der Waals surface area contributed by atoms with Crippen molar-refractivity contribution in [2.45, 2.75) is 16.2 Å². The van der Waals surface area contributed by atoms with E-state index in [-0.39, 0.29) is 27.8 Å². The van der Waals surface area contributed by atoms with Crippen LogP contribution in [0.15, 0.2) is 74.6 Å². The van der Waals surface area contributed by atoms with E-state index in [9.17, 15) is 39.5 Å². The maximum atomic E-state index is 12.0. The molecule has 0 saturated carbocycles. The molecule has 34 heavy (non-hydrogen) atoms. The third-order valence-corrected chi connectivity index (χ3v) is 7.52. The number of rotatable bonds is 4. The molecule has 3 aromatic rings. The van der Waals surface area contributed by atoms with Gasteiger partial charge in [0.05, 0.1) is 15.5 Å². The fraction of sp³-hybridized carbons (Fsp3) is 0.0500. The Hall–Kier alpha value is -3.43. The summed E-state index contributed by atoms with van der Waals surface area (Å²) in [5, 5.41) is 18.0. The van der Waals surface area contributed by atoms with E-state index in [2.05, 4.69) is 10.2 Å². The van der Waals surface area contributed by atoms with Crippen LogP contribution in [0.1, 0.15) is 17.5 Å². The molecule has 0 saturated heterocycles. The molecule has 0 heterocycles. The molecule has 4 rings (SSSR count). The second-order valence-electron chi connectivity index (χ2n) is 7.10. The van der Waals surface area contributed by atoms with Crippen molar-refractivity contribution in [3.63, 3.8) is 0 Å². The zero-order chi connectivity index (χ0) is 24.8. The zero-order valence-electron chi connectivity index (χ0n) is 16.8. The van der Waals surface area contributed by atoms with Gasteiger partial charge in [-0.3, -0.25) is 9.11 Å². The standard InChI is InChI=1S/C20H14N2O9S3/c23-16-7-5-11-9-12(33(26,27)28)10-18(34(29,30)31)19(11)20(16)22-21-15-6-8-17(32(24)25)14-4-2-1-3-13(14)15/h1-7,9-10,23H,8H2,(H,26,27,28)(H,29,30,31)/b22-21+. The number of aromatic hydroxyl groups is 1. The molecule has 0 radical (unpaired) electrons. The van der Waals surface area contributed by atoms with Gasteiger partial charge in [-0.15, -0.1) is 5.11 Å². The highest BCUT2D eigenvalue weighted by molar-refractivity contribution is 7.86. The Labute approximate surface area is 194 Å². The van der Waals surface area contributed by atoms with Crippen molar-refractivity contribution in [2.75, 3.05) is 0 Å². The van der Waals surface area contributed by atoms with Gasteiger partial charge in [0, 0.05) is 22.9 Å². The van der Waals surface area contributed by atoms with Gasteiger partial charge in [0.2, 0.25) is 10.3 Å². The van der Waals surface area contributed by atoms with Crippen LogP contribution in [0.2, 0.25) is 0 Å². The quantitative estimate of drug-likeness (QED) is 0.263. The molecule has 0 atom stereocenters. The fourth-order valence-corrected chi connectivity index (χ4v) is 5.48. The minimum absolute atomic E-state index is 0.0248. The van der Waals surface area contributed by atoms with E-state index in [1.807, 2.05) is 0 Å². The number of allylic oxidation sites excluding steroid dienone is 1. The van der Waals surface area contributed by atoms with Crippen molar-refractivity contribution in [2.24, 2.45) is 10.2 Å². The molecule has 176 valence electrons. The van der Waals surface area contributed by atoms with Crippen molar-refractivity contribution in [1.29, 1.82) is 0 Å². The van der Waals surface area contributed by atoms with E-state index >= 15 is 0 Å². The van der Waals surface area contributed by atoms with Gasteiger partial charge in [0.15, 0.2) is 0 Å².